The number of ether oxygens (including phenoxy) is 1. The number of aromatic amines is 2. The van der Waals surface area contributed by atoms with Crippen molar-refractivity contribution in [1.29, 1.82) is 0 Å². The van der Waals surface area contributed by atoms with Crippen LogP contribution >= 0.6 is 0 Å². The van der Waals surface area contributed by atoms with E-state index in [1.165, 1.54) is 12.3 Å². The second-order valence-electron chi connectivity index (χ2n) is 6.67. The molecule has 0 saturated heterocycles. The van der Waals surface area contributed by atoms with E-state index in [-0.39, 0.29) is 4.90 Å². The van der Waals surface area contributed by atoms with E-state index in [0.29, 0.717) is 41.2 Å². The van der Waals surface area contributed by atoms with E-state index >= 15 is 0 Å². The molecule has 1 aliphatic carbocycles. The van der Waals surface area contributed by atoms with E-state index in [9.17, 15) is 26.4 Å². The predicted molar refractivity (Wildman–Crippen MR) is 105 cm³/mol. The van der Waals surface area contributed by atoms with Gasteiger partial charge in [0.25, 0.3) is 10.0 Å². The summed E-state index contributed by atoms with van der Waals surface area (Å²) in [6.07, 6.45) is 0.675. The van der Waals surface area contributed by atoms with Crippen molar-refractivity contribution < 1.29 is 26.3 Å². The topological polar surface area (TPSA) is 117 Å². The normalized spacial score (nSPS) is 14.8. The van der Waals surface area contributed by atoms with Gasteiger partial charge in [-0.3, -0.25) is 9.71 Å². The van der Waals surface area contributed by atoms with Crippen molar-refractivity contribution in [3.63, 3.8) is 0 Å². The lowest BCUT2D eigenvalue weighted by Gasteiger charge is -2.17. The van der Waals surface area contributed by atoms with Gasteiger partial charge in [-0.2, -0.15) is 13.2 Å². The maximum absolute atomic E-state index is 12.7. The number of hydrogen-bond acceptors (Lipinski definition) is 5. The van der Waals surface area contributed by atoms with Gasteiger partial charge in [0.15, 0.2) is 11.4 Å². The quantitative estimate of drug-likeness (QED) is 0.550. The largest absolute Gasteiger partial charge is 0.459 e. The lowest BCUT2D eigenvalue weighted by molar-refractivity contribution is -0.137. The summed E-state index contributed by atoms with van der Waals surface area (Å²) in [4.78, 5) is 20.3. The standard InChI is InChI=1S/C19H15F3N4O4S/c20-19(21,22)11-1-7-14(8-2-11)31(28,29)26-12-3-5-13(6-4-12)30-15-9-10-23-17-16(15)24-18(27)25-17/h1-3,5,7-10,26H,4,6H2,(H2,23,24,25,27). The Bertz CT molecular complexity index is 1350. The molecule has 0 fully saturated rings. The van der Waals surface area contributed by atoms with Crippen molar-refractivity contribution >= 4 is 21.2 Å². The fourth-order valence-electron chi connectivity index (χ4n) is 2.98. The summed E-state index contributed by atoms with van der Waals surface area (Å²) in [6.45, 7) is 0. The molecular formula is C19H15F3N4O4S. The van der Waals surface area contributed by atoms with Gasteiger partial charge in [-0.25, -0.2) is 18.2 Å². The van der Waals surface area contributed by atoms with Crippen molar-refractivity contribution in [3.05, 3.63) is 76.2 Å². The van der Waals surface area contributed by atoms with Gasteiger partial charge in [-0.05, 0) is 42.8 Å². The van der Waals surface area contributed by atoms with Crippen LogP contribution in [0.4, 0.5) is 13.2 Å². The Morgan fingerprint density at radius 3 is 2.42 bits per heavy atom. The zero-order chi connectivity index (χ0) is 22.2. The van der Waals surface area contributed by atoms with Gasteiger partial charge in [0.05, 0.1) is 10.5 Å². The van der Waals surface area contributed by atoms with E-state index in [0.717, 1.165) is 24.3 Å². The number of benzene rings is 1. The van der Waals surface area contributed by atoms with Gasteiger partial charge < -0.3 is 9.72 Å². The van der Waals surface area contributed by atoms with Gasteiger partial charge in [0.2, 0.25) is 0 Å². The highest BCUT2D eigenvalue weighted by atomic mass is 32.2. The molecule has 1 aromatic carbocycles. The molecule has 0 atom stereocenters. The lowest BCUT2D eigenvalue weighted by atomic mass is 10.1. The minimum absolute atomic E-state index is 0.275. The molecule has 0 spiro atoms. The zero-order valence-electron chi connectivity index (χ0n) is 15.7. The minimum atomic E-state index is -4.55. The van der Waals surface area contributed by atoms with Crippen LogP contribution in [0.25, 0.3) is 11.2 Å². The van der Waals surface area contributed by atoms with E-state index in [1.807, 2.05) is 0 Å². The molecule has 31 heavy (non-hydrogen) atoms. The molecule has 1 aliphatic rings. The van der Waals surface area contributed by atoms with E-state index in [2.05, 4.69) is 19.7 Å². The SMILES string of the molecule is O=c1[nH]c2nccc(OC3=CC=C(NS(=O)(=O)c4ccc(C(F)(F)F)cc4)CC3)c2[nH]1. The first-order valence-electron chi connectivity index (χ1n) is 8.96. The van der Waals surface area contributed by atoms with Crippen molar-refractivity contribution in [2.75, 3.05) is 0 Å². The summed E-state index contributed by atoms with van der Waals surface area (Å²) in [5.74, 6) is 0.920. The van der Waals surface area contributed by atoms with Crippen LogP contribution in [0.5, 0.6) is 5.75 Å². The molecule has 12 heteroatoms. The number of aromatic nitrogens is 3. The Labute approximate surface area is 173 Å². The molecular weight excluding hydrogens is 437 g/mol. The Hall–Kier alpha value is -3.54. The maximum Gasteiger partial charge on any atom is 0.416 e. The van der Waals surface area contributed by atoms with Crippen molar-refractivity contribution in [2.24, 2.45) is 0 Å². The maximum atomic E-state index is 12.7. The van der Waals surface area contributed by atoms with Crippen LogP contribution in [0, 0.1) is 0 Å². The first-order valence-corrected chi connectivity index (χ1v) is 10.4. The fraction of sp³-hybridized carbons (Fsp3) is 0.158. The molecule has 2 heterocycles. The number of pyridine rings is 1. The summed E-state index contributed by atoms with van der Waals surface area (Å²) in [7, 11) is -4.03. The number of halogens is 3. The van der Waals surface area contributed by atoms with Crippen molar-refractivity contribution in [1.82, 2.24) is 19.7 Å². The fourth-order valence-corrected chi connectivity index (χ4v) is 4.11. The van der Waals surface area contributed by atoms with Crippen LogP contribution in [0.1, 0.15) is 18.4 Å². The Kier molecular flexibility index (Phi) is 5.09. The molecule has 4 rings (SSSR count). The van der Waals surface area contributed by atoms with Crippen LogP contribution in [0.3, 0.4) is 0 Å². The summed E-state index contributed by atoms with van der Waals surface area (Å²) < 4.78 is 71.0. The van der Waals surface area contributed by atoms with Gasteiger partial charge in [0, 0.05) is 24.4 Å². The van der Waals surface area contributed by atoms with Crippen LogP contribution in [0.2, 0.25) is 0 Å². The summed E-state index contributed by atoms with van der Waals surface area (Å²) in [6, 6.07) is 4.84. The second kappa shape index (κ2) is 7.61. The third-order valence-corrected chi connectivity index (χ3v) is 5.92. The number of allylic oxidation sites excluding steroid dienone is 4. The predicted octanol–water partition coefficient (Wildman–Crippen LogP) is 3.19. The average Bonchev–Trinajstić information content (AvgIpc) is 3.10. The lowest BCUT2D eigenvalue weighted by Crippen LogP contribution is -2.24. The monoisotopic (exact) mass is 452 g/mol. The van der Waals surface area contributed by atoms with Crippen LogP contribution < -0.4 is 15.1 Å². The highest BCUT2D eigenvalue weighted by molar-refractivity contribution is 7.89. The number of hydrogen-bond donors (Lipinski definition) is 3. The molecule has 0 unspecified atom stereocenters. The third kappa shape index (κ3) is 4.48. The van der Waals surface area contributed by atoms with Gasteiger partial charge in [-0.15, -0.1) is 0 Å². The molecule has 8 nitrogen and oxygen atoms in total. The molecule has 0 aliphatic heterocycles. The molecule has 2 aromatic heterocycles. The summed E-state index contributed by atoms with van der Waals surface area (Å²) in [5, 5.41) is 0. The Morgan fingerprint density at radius 1 is 1.03 bits per heavy atom. The van der Waals surface area contributed by atoms with Gasteiger partial charge in [0.1, 0.15) is 11.3 Å². The first kappa shape index (κ1) is 20.7. The smallest absolute Gasteiger partial charge is 0.416 e. The molecule has 3 N–H and O–H groups in total. The minimum Gasteiger partial charge on any atom is -0.459 e. The Morgan fingerprint density at radius 2 is 1.77 bits per heavy atom. The number of nitrogens with one attached hydrogen (secondary N) is 3. The number of rotatable bonds is 5. The van der Waals surface area contributed by atoms with Crippen molar-refractivity contribution in [3.8, 4) is 5.75 Å². The van der Waals surface area contributed by atoms with Crippen LogP contribution in [-0.4, -0.2) is 23.4 Å². The molecule has 0 bridgehead atoms. The second-order valence-corrected chi connectivity index (χ2v) is 8.35. The molecule has 0 amide bonds. The average molecular weight is 452 g/mol. The number of sulfonamides is 1. The summed E-state index contributed by atoms with van der Waals surface area (Å²) >= 11 is 0. The van der Waals surface area contributed by atoms with E-state index < -0.39 is 27.5 Å². The molecule has 3 aromatic rings. The highest BCUT2D eigenvalue weighted by Gasteiger charge is 2.30. The molecule has 0 saturated carbocycles. The van der Waals surface area contributed by atoms with E-state index in [1.54, 1.807) is 12.1 Å². The number of nitrogens with zero attached hydrogens (tertiary/aromatic N) is 1. The number of imidazole rings is 1. The van der Waals surface area contributed by atoms with Gasteiger partial charge >= 0.3 is 11.9 Å². The Balaban J connectivity index is 1.49. The summed E-state index contributed by atoms with van der Waals surface area (Å²) in [5.41, 5.74) is -0.231. The van der Waals surface area contributed by atoms with Crippen molar-refractivity contribution in [2.45, 2.75) is 23.9 Å². The zero-order valence-corrected chi connectivity index (χ0v) is 16.5. The number of H-pyrrole nitrogens is 2. The molecule has 162 valence electrons. The molecule has 0 radical (unpaired) electrons. The third-order valence-electron chi connectivity index (χ3n) is 4.49. The van der Waals surface area contributed by atoms with E-state index in [4.69, 9.17) is 4.74 Å². The highest BCUT2D eigenvalue weighted by Crippen LogP contribution is 2.30. The first-order chi connectivity index (χ1) is 14.6. The van der Waals surface area contributed by atoms with Crippen LogP contribution in [-0.2, 0) is 16.2 Å². The van der Waals surface area contributed by atoms with Gasteiger partial charge in [-0.1, -0.05) is 0 Å². The number of fused-ring (bicyclic) bond motifs is 1. The number of alkyl halides is 3. The van der Waals surface area contributed by atoms with Crippen LogP contribution in [0.15, 0.2) is 69.8 Å².